The van der Waals surface area contributed by atoms with Gasteiger partial charge in [-0.2, -0.15) is 0 Å². The van der Waals surface area contributed by atoms with E-state index in [1.54, 1.807) is 42.7 Å². The molecule has 0 fully saturated rings. The molecule has 0 radical (unpaired) electrons. The molecule has 3 aromatic carbocycles. The van der Waals surface area contributed by atoms with Crippen LogP contribution in [-0.2, 0) is 17.8 Å². The molecule has 0 aliphatic rings. The maximum atomic E-state index is 12.6. The smallest absolute Gasteiger partial charge is 0.253 e. The van der Waals surface area contributed by atoms with E-state index in [9.17, 15) is 9.59 Å². The second-order valence-electron chi connectivity index (χ2n) is 6.99. The molecule has 4 rings (SSSR count). The van der Waals surface area contributed by atoms with Crippen molar-refractivity contribution in [1.82, 2.24) is 5.32 Å². The minimum Gasteiger partial charge on any atom is -0.467 e. The fraction of sp³-hybridized carbons (Fsp3) is 0.120. The van der Waals surface area contributed by atoms with Crippen molar-refractivity contribution in [2.75, 3.05) is 5.32 Å². The largest absolute Gasteiger partial charge is 0.467 e. The van der Waals surface area contributed by atoms with E-state index >= 15 is 0 Å². The molecule has 5 nitrogen and oxygen atoms in total. The van der Waals surface area contributed by atoms with Crippen molar-refractivity contribution in [2.24, 2.45) is 0 Å². The SMILES string of the molecule is O=C(CCc1cccc2ccccc12)Nc1ccccc1C(=O)NCc1ccco1. The lowest BCUT2D eigenvalue weighted by atomic mass is 10.0. The van der Waals surface area contributed by atoms with Gasteiger partial charge in [-0.15, -0.1) is 0 Å². The first-order valence-electron chi connectivity index (χ1n) is 9.87. The van der Waals surface area contributed by atoms with E-state index in [0.29, 0.717) is 29.9 Å². The van der Waals surface area contributed by atoms with Gasteiger partial charge < -0.3 is 15.1 Å². The van der Waals surface area contributed by atoms with Crippen LogP contribution in [0.25, 0.3) is 10.8 Å². The van der Waals surface area contributed by atoms with E-state index < -0.39 is 0 Å². The zero-order valence-corrected chi connectivity index (χ0v) is 16.4. The van der Waals surface area contributed by atoms with Gasteiger partial charge in [-0.3, -0.25) is 9.59 Å². The van der Waals surface area contributed by atoms with Crippen molar-refractivity contribution in [2.45, 2.75) is 19.4 Å². The average molecular weight is 398 g/mol. The van der Waals surface area contributed by atoms with E-state index in [4.69, 9.17) is 4.42 Å². The van der Waals surface area contributed by atoms with Crippen LogP contribution in [-0.4, -0.2) is 11.8 Å². The van der Waals surface area contributed by atoms with E-state index in [1.807, 2.05) is 24.3 Å². The Morgan fingerprint density at radius 3 is 2.50 bits per heavy atom. The highest BCUT2D eigenvalue weighted by Gasteiger charge is 2.14. The van der Waals surface area contributed by atoms with Gasteiger partial charge >= 0.3 is 0 Å². The molecule has 1 aromatic heterocycles. The molecule has 30 heavy (non-hydrogen) atoms. The Balaban J connectivity index is 1.40. The van der Waals surface area contributed by atoms with Gasteiger partial charge in [0.05, 0.1) is 24.1 Å². The third-order valence-corrected chi connectivity index (χ3v) is 4.95. The normalized spacial score (nSPS) is 10.7. The van der Waals surface area contributed by atoms with E-state index in [1.165, 1.54) is 0 Å². The van der Waals surface area contributed by atoms with Crippen LogP contribution in [0.2, 0.25) is 0 Å². The molecule has 1 heterocycles. The van der Waals surface area contributed by atoms with Gasteiger partial charge in [-0.1, -0.05) is 54.6 Å². The van der Waals surface area contributed by atoms with Gasteiger partial charge in [-0.25, -0.2) is 0 Å². The van der Waals surface area contributed by atoms with Crippen LogP contribution in [0.5, 0.6) is 0 Å². The summed E-state index contributed by atoms with van der Waals surface area (Å²) in [5, 5.41) is 8.01. The van der Waals surface area contributed by atoms with Crippen molar-refractivity contribution in [3.05, 3.63) is 102 Å². The van der Waals surface area contributed by atoms with Gasteiger partial charge in [0.25, 0.3) is 5.91 Å². The number of nitrogens with one attached hydrogen (secondary N) is 2. The highest BCUT2D eigenvalue weighted by atomic mass is 16.3. The molecule has 0 spiro atoms. The maximum Gasteiger partial charge on any atom is 0.253 e. The molecule has 0 bridgehead atoms. The van der Waals surface area contributed by atoms with Gasteiger partial charge in [0.1, 0.15) is 5.76 Å². The maximum absolute atomic E-state index is 12.6. The van der Waals surface area contributed by atoms with Crippen LogP contribution >= 0.6 is 0 Å². The first-order chi connectivity index (χ1) is 14.7. The molecule has 4 aromatic rings. The minimum absolute atomic E-state index is 0.130. The lowest BCUT2D eigenvalue weighted by Crippen LogP contribution is -2.24. The molecule has 0 saturated heterocycles. The van der Waals surface area contributed by atoms with Crippen molar-refractivity contribution in [1.29, 1.82) is 0 Å². The number of anilines is 1. The summed E-state index contributed by atoms with van der Waals surface area (Å²) in [6.07, 6.45) is 2.52. The van der Waals surface area contributed by atoms with Crippen molar-refractivity contribution < 1.29 is 14.0 Å². The zero-order chi connectivity index (χ0) is 20.8. The Morgan fingerprint density at radius 2 is 1.63 bits per heavy atom. The third kappa shape index (κ3) is 4.58. The fourth-order valence-corrected chi connectivity index (χ4v) is 3.44. The van der Waals surface area contributed by atoms with Crippen LogP contribution < -0.4 is 10.6 Å². The van der Waals surface area contributed by atoms with E-state index in [-0.39, 0.29) is 18.4 Å². The topological polar surface area (TPSA) is 71.3 Å². The van der Waals surface area contributed by atoms with Crippen LogP contribution in [0.3, 0.4) is 0 Å². The summed E-state index contributed by atoms with van der Waals surface area (Å²) in [6.45, 7) is 0.287. The number of hydrogen-bond acceptors (Lipinski definition) is 3. The third-order valence-electron chi connectivity index (χ3n) is 4.95. The van der Waals surface area contributed by atoms with Crippen molar-refractivity contribution in [3.63, 3.8) is 0 Å². The lowest BCUT2D eigenvalue weighted by molar-refractivity contribution is -0.116. The molecule has 0 aliphatic heterocycles. The summed E-state index contributed by atoms with van der Waals surface area (Å²) < 4.78 is 5.23. The zero-order valence-electron chi connectivity index (χ0n) is 16.4. The number of hydrogen-bond donors (Lipinski definition) is 2. The lowest BCUT2D eigenvalue weighted by Gasteiger charge is -2.11. The molecule has 2 N–H and O–H groups in total. The molecule has 2 amide bonds. The number of para-hydroxylation sites is 1. The Bertz CT molecular complexity index is 1160. The summed E-state index contributed by atoms with van der Waals surface area (Å²) in [7, 11) is 0. The van der Waals surface area contributed by atoms with Gasteiger partial charge in [0.15, 0.2) is 0 Å². The minimum atomic E-state index is -0.267. The number of rotatable bonds is 7. The number of amides is 2. The summed E-state index contributed by atoms with van der Waals surface area (Å²) in [5.74, 6) is 0.269. The Hall–Kier alpha value is -3.86. The Labute approximate surface area is 174 Å². The summed E-state index contributed by atoms with van der Waals surface area (Å²) in [4.78, 5) is 25.1. The van der Waals surface area contributed by atoms with Crippen LogP contribution in [0.4, 0.5) is 5.69 Å². The number of carbonyl (C=O) groups excluding carboxylic acids is 2. The summed E-state index contributed by atoms with van der Waals surface area (Å²) in [5.41, 5.74) is 2.05. The fourth-order valence-electron chi connectivity index (χ4n) is 3.44. The van der Waals surface area contributed by atoms with Gasteiger partial charge in [0, 0.05) is 6.42 Å². The Morgan fingerprint density at radius 1 is 0.833 bits per heavy atom. The Kier molecular flexibility index (Phi) is 5.90. The average Bonchev–Trinajstić information content (AvgIpc) is 3.30. The summed E-state index contributed by atoms with van der Waals surface area (Å²) in [6, 6.07) is 24.8. The predicted molar refractivity (Wildman–Crippen MR) is 117 cm³/mol. The highest BCUT2D eigenvalue weighted by molar-refractivity contribution is 6.03. The predicted octanol–water partition coefficient (Wildman–Crippen LogP) is 4.93. The van der Waals surface area contributed by atoms with E-state index in [0.717, 1.165) is 16.3 Å². The molecular formula is C25H22N2O3. The van der Waals surface area contributed by atoms with Crippen LogP contribution in [0.15, 0.2) is 89.5 Å². The monoisotopic (exact) mass is 398 g/mol. The standard InChI is InChI=1S/C25H22N2O3/c28-24(15-14-19-9-5-8-18-7-1-2-11-21(18)19)27-23-13-4-3-12-22(23)25(29)26-17-20-10-6-16-30-20/h1-13,16H,14-15,17H2,(H,26,29)(H,27,28). The van der Waals surface area contributed by atoms with Crippen LogP contribution in [0, 0.1) is 0 Å². The van der Waals surface area contributed by atoms with Gasteiger partial charge in [0.2, 0.25) is 5.91 Å². The quantitative estimate of drug-likeness (QED) is 0.463. The summed E-state index contributed by atoms with van der Waals surface area (Å²) >= 11 is 0. The number of aryl methyl sites for hydroxylation is 1. The first-order valence-corrected chi connectivity index (χ1v) is 9.87. The second-order valence-corrected chi connectivity index (χ2v) is 6.99. The van der Waals surface area contributed by atoms with Crippen LogP contribution in [0.1, 0.15) is 28.1 Å². The molecule has 0 saturated carbocycles. The number of carbonyl (C=O) groups is 2. The molecule has 0 atom stereocenters. The highest BCUT2D eigenvalue weighted by Crippen LogP contribution is 2.21. The molecule has 0 aliphatic carbocycles. The van der Waals surface area contributed by atoms with Crippen molar-refractivity contribution >= 4 is 28.3 Å². The molecule has 150 valence electrons. The molecular weight excluding hydrogens is 376 g/mol. The number of fused-ring (bicyclic) bond motifs is 1. The first kappa shape index (κ1) is 19.5. The second kappa shape index (κ2) is 9.09. The van der Waals surface area contributed by atoms with E-state index in [2.05, 4.69) is 28.8 Å². The number of furan rings is 1. The molecule has 0 unspecified atom stereocenters. The van der Waals surface area contributed by atoms with Gasteiger partial charge in [-0.05, 0) is 47.0 Å². The number of benzene rings is 3. The van der Waals surface area contributed by atoms with Crippen molar-refractivity contribution in [3.8, 4) is 0 Å². The molecule has 5 heteroatoms.